The Morgan fingerprint density at radius 1 is 0.931 bits per heavy atom. The summed E-state index contributed by atoms with van der Waals surface area (Å²) in [7, 11) is 0. The van der Waals surface area contributed by atoms with E-state index >= 15 is 0 Å². The van der Waals surface area contributed by atoms with Crippen LogP contribution in [0.4, 0.5) is 4.79 Å². The summed E-state index contributed by atoms with van der Waals surface area (Å²) >= 11 is 0. The molecule has 0 aliphatic heterocycles. The van der Waals surface area contributed by atoms with E-state index in [1.54, 1.807) is 0 Å². The molecule has 3 heteroatoms. The summed E-state index contributed by atoms with van der Waals surface area (Å²) in [6, 6.07) is 26.4. The molecule has 1 aliphatic rings. The first-order chi connectivity index (χ1) is 14.3. The van der Waals surface area contributed by atoms with E-state index in [2.05, 4.69) is 35.5 Å². The van der Waals surface area contributed by atoms with Crippen LogP contribution in [0.5, 0.6) is 0 Å². The SMILES string of the molecule is C#CCC(Cc1ccccc1)NC(=O)OCC1c2ccccc2-c2ccccc21. The zero-order valence-electron chi connectivity index (χ0n) is 16.2. The van der Waals surface area contributed by atoms with Crippen LogP contribution in [0.1, 0.15) is 29.0 Å². The first kappa shape index (κ1) is 18.8. The van der Waals surface area contributed by atoms with Gasteiger partial charge in [-0.05, 0) is 34.2 Å². The van der Waals surface area contributed by atoms with E-state index in [-0.39, 0.29) is 12.0 Å². The molecule has 3 aromatic carbocycles. The van der Waals surface area contributed by atoms with E-state index in [1.807, 2.05) is 54.6 Å². The molecule has 0 saturated carbocycles. The first-order valence-electron chi connectivity index (χ1n) is 9.85. The Bertz CT molecular complexity index is 990. The quantitative estimate of drug-likeness (QED) is 0.599. The molecule has 0 radical (unpaired) electrons. The summed E-state index contributed by atoms with van der Waals surface area (Å²) in [4.78, 5) is 12.5. The fourth-order valence-corrected chi connectivity index (χ4v) is 4.02. The standard InChI is InChI=1S/C26H23NO2/c1-2-10-20(17-19-11-4-3-5-12-19)27-26(28)29-18-25-23-15-8-6-13-21(23)22-14-7-9-16-24(22)25/h1,3-9,11-16,20,25H,10,17-18H2,(H,27,28). The Morgan fingerprint density at radius 2 is 1.52 bits per heavy atom. The van der Waals surface area contributed by atoms with Crippen molar-refractivity contribution in [3.05, 3.63) is 95.6 Å². The minimum absolute atomic E-state index is 0.0494. The van der Waals surface area contributed by atoms with Gasteiger partial charge >= 0.3 is 6.09 Å². The molecule has 3 nitrogen and oxygen atoms in total. The molecule has 0 fully saturated rings. The van der Waals surface area contributed by atoms with Crippen LogP contribution in [0.15, 0.2) is 78.9 Å². The second-order valence-electron chi connectivity index (χ2n) is 7.26. The third kappa shape index (κ3) is 4.17. The number of carbonyl (C=O) groups excluding carboxylic acids is 1. The monoisotopic (exact) mass is 381 g/mol. The molecular formula is C26H23NO2. The summed E-state index contributed by atoms with van der Waals surface area (Å²) in [5, 5.41) is 2.93. The number of hydrogen-bond donors (Lipinski definition) is 1. The maximum absolute atomic E-state index is 12.5. The van der Waals surface area contributed by atoms with Crippen LogP contribution in [0.25, 0.3) is 11.1 Å². The number of amides is 1. The topological polar surface area (TPSA) is 38.3 Å². The second kappa shape index (κ2) is 8.67. The van der Waals surface area contributed by atoms with Crippen molar-refractivity contribution in [1.29, 1.82) is 0 Å². The van der Waals surface area contributed by atoms with Crippen molar-refractivity contribution in [3.8, 4) is 23.5 Å². The number of carbonyl (C=O) groups is 1. The van der Waals surface area contributed by atoms with Gasteiger partial charge in [0.25, 0.3) is 0 Å². The Balaban J connectivity index is 1.42. The van der Waals surface area contributed by atoms with Crippen molar-refractivity contribution >= 4 is 6.09 Å². The lowest BCUT2D eigenvalue weighted by Crippen LogP contribution is -2.37. The maximum Gasteiger partial charge on any atom is 0.407 e. The molecule has 1 unspecified atom stereocenters. The van der Waals surface area contributed by atoms with Crippen LogP contribution in [-0.4, -0.2) is 18.7 Å². The van der Waals surface area contributed by atoms with Crippen LogP contribution in [0, 0.1) is 12.3 Å². The maximum atomic E-state index is 12.5. The van der Waals surface area contributed by atoms with Gasteiger partial charge < -0.3 is 10.1 Å². The highest BCUT2D eigenvalue weighted by molar-refractivity contribution is 5.79. The number of ether oxygens (including phenoxy) is 1. The molecule has 3 aromatic rings. The molecule has 0 saturated heterocycles. The Labute approximate surface area is 171 Å². The number of rotatable bonds is 6. The molecule has 144 valence electrons. The largest absolute Gasteiger partial charge is 0.449 e. The van der Waals surface area contributed by atoms with Crippen LogP contribution >= 0.6 is 0 Å². The normalized spacial score (nSPS) is 13.1. The minimum atomic E-state index is -0.428. The average Bonchev–Trinajstić information content (AvgIpc) is 3.07. The van der Waals surface area contributed by atoms with Gasteiger partial charge in [0, 0.05) is 18.4 Å². The summed E-state index contributed by atoms with van der Waals surface area (Å²) in [5.41, 5.74) is 5.96. The number of terminal acetylenes is 1. The summed E-state index contributed by atoms with van der Waals surface area (Å²) in [6.45, 7) is 0.300. The zero-order chi connectivity index (χ0) is 20.1. The van der Waals surface area contributed by atoms with Crippen LogP contribution in [-0.2, 0) is 11.2 Å². The Hall–Kier alpha value is -3.51. The fourth-order valence-electron chi connectivity index (χ4n) is 4.02. The molecule has 0 aromatic heterocycles. The fraction of sp³-hybridized carbons (Fsp3) is 0.192. The predicted octanol–water partition coefficient (Wildman–Crippen LogP) is 5.16. The van der Waals surface area contributed by atoms with Gasteiger partial charge in [0.1, 0.15) is 6.61 Å². The van der Waals surface area contributed by atoms with Gasteiger partial charge in [0.15, 0.2) is 0 Å². The van der Waals surface area contributed by atoms with Crippen molar-refractivity contribution in [1.82, 2.24) is 5.32 Å². The number of fused-ring (bicyclic) bond motifs is 3. The zero-order valence-corrected chi connectivity index (χ0v) is 16.2. The molecule has 0 bridgehead atoms. The first-order valence-corrected chi connectivity index (χ1v) is 9.85. The highest BCUT2D eigenvalue weighted by Gasteiger charge is 2.29. The van der Waals surface area contributed by atoms with Crippen molar-refractivity contribution in [2.45, 2.75) is 24.8 Å². The molecule has 1 atom stereocenters. The van der Waals surface area contributed by atoms with Crippen molar-refractivity contribution in [2.24, 2.45) is 0 Å². The van der Waals surface area contributed by atoms with Gasteiger partial charge in [0.05, 0.1) is 0 Å². The molecule has 0 spiro atoms. The second-order valence-corrected chi connectivity index (χ2v) is 7.26. The lowest BCUT2D eigenvalue weighted by atomic mass is 9.98. The van der Waals surface area contributed by atoms with Gasteiger partial charge in [-0.25, -0.2) is 4.79 Å². The van der Waals surface area contributed by atoms with E-state index < -0.39 is 6.09 Å². The van der Waals surface area contributed by atoms with Gasteiger partial charge in [-0.15, -0.1) is 12.3 Å². The van der Waals surface area contributed by atoms with E-state index in [0.29, 0.717) is 19.4 Å². The lowest BCUT2D eigenvalue weighted by molar-refractivity contribution is 0.139. The molecule has 29 heavy (non-hydrogen) atoms. The van der Waals surface area contributed by atoms with Gasteiger partial charge in [0.2, 0.25) is 0 Å². The van der Waals surface area contributed by atoms with Gasteiger partial charge in [-0.3, -0.25) is 0 Å². The van der Waals surface area contributed by atoms with Crippen LogP contribution in [0.3, 0.4) is 0 Å². The smallest absolute Gasteiger partial charge is 0.407 e. The summed E-state index contributed by atoms with van der Waals surface area (Å²) in [5.74, 6) is 2.70. The van der Waals surface area contributed by atoms with E-state index in [9.17, 15) is 4.79 Å². The number of hydrogen-bond acceptors (Lipinski definition) is 2. The highest BCUT2D eigenvalue weighted by Crippen LogP contribution is 2.44. The predicted molar refractivity (Wildman–Crippen MR) is 116 cm³/mol. The van der Waals surface area contributed by atoms with Gasteiger partial charge in [-0.1, -0.05) is 78.9 Å². The Kier molecular flexibility index (Phi) is 5.63. The third-order valence-corrected chi connectivity index (χ3v) is 5.35. The molecule has 1 aliphatic carbocycles. The number of benzene rings is 3. The summed E-state index contributed by atoms with van der Waals surface area (Å²) < 4.78 is 5.64. The van der Waals surface area contributed by atoms with Gasteiger partial charge in [-0.2, -0.15) is 0 Å². The van der Waals surface area contributed by atoms with E-state index in [4.69, 9.17) is 11.2 Å². The highest BCUT2D eigenvalue weighted by atomic mass is 16.5. The molecule has 4 rings (SSSR count). The number of alkyl carbamates (subject to hydrolysis) is 1. The summed E-state index contributed by atoms with van der Waals surface area (Å²) in [6.07, 6.45) is 6.20. The number of nitrogens with one attached hydrogen (secondary N) is 1. The van der Waals surface area contributed by atoms with Crippen LogP contribution in [0.2, 0.25) is 0 Å². The molecule has 1 amide bonds. The lowest BCUT2D eigenvalue weighted by Gasteiger charge is -2.18. The van der Waals surface area contributed by atoms with Crippen molar-refractivity contribution in [3.63, 3.8) is 0 Å². The van der Waals surface area contributed by atoms with Crippen molar-refractivity contribution in [2.75, 3.05) is 6.61 Å². The van der Waals surface area contributed by atoms with E-state index in [0.717, 1.165) is 5.56 Å². The average molecular weight is 381 g/mol. The third-order valence-electron chi connectivity index (χ3n) is 5.35. The molecule has 0 heterocycles. The molecular weight excluding hydrogens is 358 g/mol. The Morgan fingerprint density at radius 3 is 2.14 bits per heavy atom. The van der Waals surface area contributed by atoms with Crippen LogP contribution < -0.4 is 5.32 Å². The van der Waals surface area contributed by atoms with Crippen molar-refractivity contribution < 1.29 is 9.53 Å². The van der Waals surface area contributed by atoms with E-state index in [1.165, 1.54) is 22.3 Å². The molecule has 1 N–H and O–H groups in total. The minimum Gasteiger partial charge on any atom is -0.449 e.